The van der Waals surface area contributed by atoms with Gasteiger partial charge in [-0.05, 0) is 36.2 Å². The van der Waals surface area contributed by atoms with Crippen molar-refractivity contribution < 1.29 is 28.2 Å². The molecule has 2 bridgehead atoms. The third-order valence-corrected chi connectivity index (χ3v) is 7.05. The SMILES string of the molecule is O=C1NC2CC(c3c(OC(F)F)cccc31)n1c2nc2ccc(-c3cnc(C4(O)COC4)nc3)cc21. The number of carbonyl (C=O) groups is 1. The number of alkyl halides is 2. The van der Waals surface area contributed by atoms with Crippen LogP contribution in [0, 0.1) is 0 Å². The monoisotopic (exact) mass is 491 g/mol. The number of aromatic nitrogens is 4. The first-order chi connectivity index (χ1) is 17.4. The van der Waals surface area contributed by atoms with E-state index in [1.54, 1.807) is 18.5 Å². The van der Waals surface area contributed by atoms with Crippen molar-refractivity contribution in [1.82, 2.24) is 24.8 Å². The maximum atomic E-state index is 13.2. The number of rotatable bonds is 4. The summed E-state index contributed by atoms with van der Waals surface area (Å²) in [6.07, 6.45) is 3.77. The second kappa shape index (κ2) is 7.52. The lowest BCUT2D eigenvalue weighted by atomic mass is 9.97. The Morgan fingerprint density at radius 3 is 2.69 bits per heavy atom. The maximum Gasteiger partial charge on any atom is 0.387 e. The molecule has 2 atom stereocenters. The summed E-state index contributed by atoms with van der Waals surface area (Å²) in [5, 5.41) is 13.4. The van der Waals surface area contributed by atoms with E-state index in [2.05, 4.69) is 15.3 Å². The Hall–Kier alpha value is -3.96. The van der Waals surface area contributed by atoms with E-state index in [9.17, 15) is 18.7 Å². The Kier molecular flexibility index (Phi) is 4.45. The van der Waals surface area contributed by atoms with Crippen molar-refractivity contribution in [3.8, 4) is 16.9 Å². The Morgan fingerprint density at radius 1 is 1.17 bits per heavy atom. The molecule has 182 valence electrons. The molecule has 2 N–H and O–H groups in total. The fourth-order valence-electron chi connectivity index (χ4n) is 5.33. The summed E-state index contributed by atoms with van der Waals surface area (Å²) in [5.41, 5.74) is 2.66. The van der Waals surface area contributed by atoms with Crippen molar-refractivity contribution in [3.05, 3.63) is 71.6 Å². The number of benzene rings is 2. The molecular formula is C25H19F2N5O4. The minimum atomic E-state index is -3.02. The summed E-state index contributed by atoms with van der Waals surface area (Å²) in [7, 11) is 0. The summed E-state index contributed by atoms with van der Waals surface area (Å²) >= 11 is 0. The number of hydrogen-bond donors (Lipinski definition) is 2. The number of fused-ring (bicyclic) bond motifs is 9. The van der Waals surface area contributed by atoms with Crippen LogP contribution in [0.4, 0.5) is 8.78 Å². The van der Waals surface area contributed by atoms with Crippen LogP contribution in [0.1, 0.15) is 46.1 Å². The molecule has 2 aromatic heterocycles. The van der Waals surface area contributed by atoms with Crippen LogP contribution in [-0.4, -0.2) is 50.4 Å². The Bertz CT molecular complexity index is 1530. The molecule has 36 heavy (non-hydrogen) atoms. The Morgan fingerprint density at radius 2 is 1.97 bits per heavy atom. The number of halogens is 2. The molecule has 7 rings (SSSR count). The number of hydrogen-bond acceptors (Lipinski definition) is 7. The van der Waals surface area contributed by atoms with E-state index in [1.807, 2.05) is 22.8 Å². The average Bonchev–Trinajstić information content (AvgIpc) is 3.34. The van der Waals surface area contributed by atoms with E-state index in [4.69, 9.17) is 14.5 Å². The molecular weight excluding hydrogens is 472 g/mol. The molecule has 5 heterocycles. The molecule has 2 aromatic carbocycles. The van der Waals surface area contributed by atoms with Gasteiger partial charge in [-0.15, -0.1) is 0 Å². The van der Waals surface area contributed by atoms with Crippen LogP contribution in [0.5, 0.6) is 5.75 Å². The number of carbonyl (C=O) groups excluding carboxylic acids is 1. The number of imidazole rings is 1. The van der Waals surface area contributed by atoms with E-state index < -0.39 is 18.3 Å². The van der Waals surface area contributed by atoms with E-state index >= 15 is 0 Å². The summed E-state index contributed by atoms with van der Waals surface area (Å²) in [6.45, 7) is -2.69. The number of aliphatic hydroxyl groups is 1. The van der Waals surface area contributed by atoms with Gasteiger partial charge >= 0.3 is 6.61 Å². The van der Waals surface area contributed by atoms with Gasteiger partial charge in [0.05, 0.1) is 36.3 Å². The van der Waals surface area contributed by atoms with Gasteiger partial charge in [-0.1, -0.05) is 12.1 Å². The molecule has 0 aliphatic carbocycles. The fourth-order valence-corrected chi connectivity index (χ4v) is 5.33. The average molecular weight is 491 g/mol. The van der Waals surface area contributed by atoms with Crippen molar-refractivity contribution in [2.24, 2.45) is 0 Å². The summed E-state index contributed by atoms with van der Waals surface area (Å²) in [6, 6.07) is 9.55. The van der Waals surface area contributed by atoms with Crippen molar-refractivity contribution >= 4 is 16.9 Å². The van der Waals surface area contributed by atoms with Gasteiger partial charge in [-0.2, -0.15) is 8.78 Å². The first-order valence-corrected chi connectivity index (χ1v) is 11.4. The molecule has 4 aromatic rings. The third-order valence-electron chi connectivity index (χ3n) is 7.05. The molecule has 1 amide bonds. The first-order valence-electron chi connectivity index (χ1n) is 11.4. The first kappa shape index (κ1) is 21.3. The predicted octanol–water partition coefficient (Wildman–Crippen LogP) is 3.09. The largest absolute Gasteiger partial charge is 0.434 e. The highest BCUT2D eigenvalue weighted by molar-refractivity contribution is 5.98. The molecule has 3 aliphatic heterocycles. The normalized spacial score (nSPS) is 21.5. The molecule has 0 radical (unpaired) electrons. The van der Waals surface area contributed by atoms with Crippen LogP contribution in [0.3, 0.4) is 0 Å². The van der Waals surface area contributed by atoms with E-state index in [1.165, 1.54) is 12.1 Å². The molecule has 1 fully saturated rings. The number of ether oxygens (including phenoxy) is 2. The Labute approximate surface area is 202 Å². The summed E-state index contributed by atoms with van der Waals surface area (Å²) in [4.78, 5) is 26.3. The topological polar surface area (TPSA) is 111 Å². The van der Waals surface area contributed by atoms with Gasteiger partial charge in [0.15, 0.2) is 11.4 Å². The van der Waals surface area contributed by atoms with Crippen LogP contribution in [0.15, 0.2) is 48.8 Å². The molecule has 11 heteroatoms. The molecule has 1 saturated heterocycles. The fraction of sp³-hybridized carbons (Fsp3) is 0.280. The second-order valence-electron chi connectivity index (χ2n) is 9.24. The van der Waals surface area contributed by atoms with Crippen molar-refractivity contribution in [2.75, 3.05) is 13.2 Å². The molecule has 9 nitrogen and oxygen atoms in total. The van der Waals surface area contributed by atoms with Crippen molar-refractivity contribution in [3.63, 3.8) is 0 Å². The highest BCUT2D eigenvalue weighted by atomic mass is 19.3. The molecule has 0 spiro atoms. The van der Waals surface area contributed by atoms with E-state index in [-0.39, 0.29) is 30.9 Å². The van der Waals surface area contributed by atoms with Gasteiger partial charge in [0.25, 0.3) is 5.91 Å². The van der Waals surface area contributed by atoms with Gasteiger partial charge in [0, 0.05) is 29.1 Å². The Balaban J connectivity index is 1.35. The van der Waals surface area contributed by atoms with Crippen molar-refractivity contribution in [1.29, 1.82) is 0 Å². The summed E-state index contributed by atoms with van der Waals surface area (Å²) < 4.78 is 38.3. The van der Waals surface area contributed by atoms with Crippen molar-refractivity contribution in [2.45, 2.75) is 30.7 Å². The van der Waals surface area contributed by atoms with E-state index in [0.717, 1.165) is 16.6 Å². The second-order valence-corrected chi connectivity index (χ2v) is 9.24. The quantitative estimate of drug-likeness (QED) is 0.451. The standard InChI is InChI=1S/C25H19F2N5O4/c26-24(27)36-19-3-1-2-14-20(19)18-7-16(31-22(14)33)21-30-15-5-4-12(6-17(15)32(18)21)13-8-28-23(29-9-13)25(34)10-35-11-25/h1-6,8-9,16,18,24,34H,7,10-11H2,(H,31,33). The third kappa shape index (κ3) is 3.06. The molecule has 2 unspecified atom stereocenters. The van der Waals surface area contributed by atoms with Crippen LogP contribution < -0.4 is 10.1 Å². The lowest BCUT2D eigenvalue weighted by Crippen LogP contribution is -2.47. The van der Waals surface area contributed by atoms with Gasteiger partial charge in [-0.25, -0.2) is 15.0 Å². The summed E-state index contributed by atoms with van der Waals surface area (Å²) in [5.74, 6) is 0.618. The number of amides is 1. The predicted molar refractivity (Wildman–Crippen MR) is 122 cm³/mol. The number of nitrogens with one attached hydrogen (secondary N) is 1. The maximum absolute atomic E-state index is 13.2. The van der Waals surface area contributed by atoms with E-state index in [0.29, 0.717) is 34.7 Å². The molecule has 0 saturated carbocycles. The molecule has 3 aliphatic rings. The van der Waals surface area contributed by atoms with Gasteiger partial charge in [0.2, 0.25) is 0 Å². The highest BCUT2D eigenvalue weighted by Crippen LogP contribution is 2.47. The lowest BCUT2D eigenvalue weighted by Gasteiger charge is -2.34. The van der Waals surface area contributed by atoms with Crippen LogP contribution in [-0.2, 0) is 10.3 Å². The zero-order chi connectivity index (χ0) is 24.6. The van der Waals surface area contributed by atoms with Gasteiger partial charge in [-0.3, -0.25) is 4.79 Å². The smallest absolute Gasteiger partial charge is 0.387 e. The number of nitrogens with zero attached hydrogens (tertiary/aromatic N) is 4. The zero-order valence-corrected chi connectivity index (χ0v) is 18.7. The van der Waals surface area contributed by atoms with Crippen LogP contribution >= 0.6 is 0 Å². The van der Waals surface area contributed by atoms with Crippen LogP contribution in [0.25, 0.3) is 22.2 Å². The van der Waals surface area contributed by atoms with Crippen LogP contribution in [0.2, 0.25) is 0 Å². The minimum absolute atomic E-state index is 0.0175. The van der Waals surface area contributed by atoms with Gasteiger partial charge < -0.3 is 24.5 Å². The highest BCUT2D eigenvalue weighted by Gasteiger charge is 2.43. The lowest BCUT2D eigenvalue weighted by molar-refractivity contribution is -0.189. The van der Waals surface area contributed by atoms with Gasteiger partial charge in [0.1, 0.15) is 11.6 Å². The zero-order valence-electron chi connectivity index (χ0n) is 18.7. The minimum Gasteiger partial charge on any atom is -0.434 e.